The van der Waals surface area contributed by atoms with Gasteiger partial charge in [-0.15, -0.1) is 0 Å². The van der Waals surface area contributed by atoms with E-state index in [0.717, 1.165) is 41.9 Å². The Bertz CT molecular complexity index is 849. The number of aromatic nitrogens is 2. The number of hydrogen-bond donors (Lipinski definition) is 2. The molecule has 130 valence electrons. The first kappa shape index (κ1) is 16.5. The van der Waals surface area contributed by atoms with E-state index in [9.17, 15) is 4.39 Å². The molecule has 0 saturated carbocycles. The Morgan fingerprint density at radius 2 is 2.12 bits per heavy atom. The van der Waals surface area contributed by atoms with Gasteiger partial charge in [0.15, 0.2) is 0 Å². The molecule has 0 bridgehead atoms. The predicted molar refractivity (Wildman–Crippen MR) is 96.3 cm³/mol. The van der Waals surface area contributed by atoms with E-state index < -0.39 is 5.82 Å². The van der Waals surface area contributed by atoms with Gasteiger partial charge in [-0.3, -0.25) is 0 Å². The fourth-order valence-electron chi connectivity index (χ4n) is 3.38. The number of H-pyrrole nitrogens is 1. The molecule has 4 nitrogen and oxygen atoms in total. The van der Waals surface area contributed by atoms with E-state index in [1.165, 1.54) is 6.07 Å². The van der Waals surface area contributed by atoms with E-state index in [4.69, 9.17) is 16.3 Å². The van der Waals surface area contributed by atoms with Crippen molar-refractivity contribution in [2.45, 2.75) is 12.5 Å². The van der Waals surface area contributed by atoms with Crippen molar-refractivity contribution in [1.82, 2.24) is 15.3 Å². The second-order valence-electron chi connectivity index (χ2n) is 6.33. The average molecular weight is 360 g/mol. The van der Waals surface area contributed by atoms with Crippen LogP contribution in [0, 0.1) is 11.7 Å². The number of para-hydroxylation sites is 2. The van der Waals surface area contributed by atoms with Gasteiger partial charge in [-0.1, -0.05) is 29.8 Å². The number of hydrogen-bond acceptors (Lipinski definition) is 3. The van der Waals surface area contributed by atoms with Crippen molar-refractivity contribution in [3.05, 3.63) is 64.7 Å². The Labute approximate surface area is 150 Å². The average Bonchev–Trinajstić information content (AvgIpc) is 2.88. The van der Waals surface area contributed by atoms with E-state index in [1.807, 2.05) is 30.3 Å². The summed E-state index contributed by atoms with van der Waals surface area (Å²) in [6.07, 6.45) is 0.520. The molecule has 0 spiro atoms. The van der Waals surface area contributed by atoms with Crippen LogP contribution < -0.4 is 5.32 Å². The van der Waals surface area contributed by atoms with Crippen LogP contribution in [0.3, 0.4) is 0 Å². The minimum Gasteiger partial charge on any atom is -0.372 e. The van der Waals surface area contributed by atoms with Crippen LogP contribution in [0.15, 0.2) is 42.5 Å². The molecule has 2 unspecified atom stereocenters. The fourth-order valence-corrected chi connectivity index (χ4v) is 3.49. The number of rotatable bonds is 3. The van der Waals surface area contributed by atoms with Crippen molar-refractivity contribution in [2.75, 3.05) is 19.7 Å². The first-order chi connectivity index (χ1) is 12.2. The van der Waals surface area contributed by atoms with Gasteiger partial charge in [-0.2, -0.15) is 0 Å². The molecular formula is C19H19ClFN3O. The lowest BCUT2D eigenvalue weighted by Crippen LogP contribution is -2.26. The van der Waals surface area contributed by atoms with Crippen molar-refractivity contribution >= 4 is 22.6 Å². The molecule has 25 heavy (non-hydrogen) atoms. The molecule has 1 aliphatic heterocycles. The summed E-state index contributed by atoms with van der Waals surface area (Å²) >= 11 is 5.82. The number of imidazole rings is 1. The Morgan fingerprint density at radius 3 is 2.96 bits per heavy atom. The van der Waals surface area contributed by atoms with Crippen LogP contribution >= 0.6 is 11.6 Å². The summed E-state index contributed by atoms with van der Waals surface area (Å²) in [5, 5.41) is 3.52. The smallest absolute Gasteiger partial charge is 0.142 e. The maximum Gasteiger partial charge on any atom is 0.142 e. The molecular weight excluding hydrogens is 341 g/mol. The van der Waals surface area contributed by atoms with Crippen molar-refractivity contribution < 1.29 is 9.13 Å². The Balaban J connectivity index is 1.62. The number of benzene rings is 2. The first-order valence-electron chi connectivity index (χ1n) is 8.41. The third kappa shape index (κ3) is 3.54. The Kier molecular flexibility index (Phi) is 4.70. The van der Waals surface area contributed by atoms with Gasteiger partial charge in [0.2, 0.25) is 0 Å². The number of fused-ring (bicyclic) bond motifs is 1. The van der Waals surface area contributed by atoms with Crippen molar-refractivity contribution in [3.63, 3.8) is 0 Å². The number of halogens is 2. The molecule has 1 saturated heterocycles. The van der Waals surface area contributed by atoms with Gasteiger partial charge in [-0.25, -0.2) is 9.37 Å². The number of ether oxygens (including phenoxy) is 1. The minimum absolute atomic E-state index is 0.129. The highest BCUT2D eigenvalue weighted by molar-refractivity contribution is 6.30. The SMILES string of the molecule is Fc1cc(C2OCCNCC2Cc2nc3ccccc3[nH]2)ccc1Cl. The van der Waals surface area contributed by atoms with E-state index >= 15 is 0 Å². The topological polar surface area (TPSA) is 49.9 Å². The molecule has 1 aliphatic rings. The molecule has 2 N–H and O–H groups in total. The van der Waals surface area contributed by atoms with Crippen LogP contribution in [0.25, 0.3) is 11.0 Å². The molecule has 3 aromatic rings. The Morgan fingerprint density at radius 1 is 1.24 bits per heavy atom. The summed E-state index contributed by atoms with van der Waals surface area (Å²) in [7, 11) is 0. The van der Waals surface area contributed by atoms with E-state index in [0.29, 0.717) is 6.61 Å². The van der Waals surface area contributed by atoms with Gasteiger partial charge in [-0.05, 0) is 29.8 Å². The molecule has 4 rings (SSSR count). The van der Waals surface area contributed by atoms with Crippen LogP contribution in [0.1, 0.15) is 17.5 Å². The van der Waals surface area contributed by atoms with E-state index in [2.05, 4.69) is 15.3 Å². The van der Waals surface area contributed by atoms with Gasteiger partial charge in [0, 0.05) is 25.4 Å². The van der Waals surface area contributed by atoms with Crippen LogP contribution in [0.2, 0.25) is 5.02 Å². The van der Waals surface area contributed by atoms with Gasteiger partial charge in [0.1, 0.15) is 11.6 Å². The molecule has 0 amide bonds. The Hall–Kier alpha value is -1.95. The number of nitrogens with one attached hydrogen (secondary N) is 2. The van der Waals surface area contributed by atoms with E-state index in [-0.39, 0.29) is 17.0 Å². The standard InChI is InChI=1S/C19H19ClFN3O/c20-14-6-5-12(9-15(14)21)19-13(11-22-7-8-25-19)10-18-23-16-3-1-2-4-17(16)24-18/h1-6,9,13,19,22H,7-8,10-11H2,(H,23,24). The minimum atomic E-state index is -0.414. The first-order valence-corrected chi connectivity index (χ1v) is 8.79. The second kappa shape index (κ2) is 7.12. The molecule has 0 radical (unpaired) electrons. The monoisotopic (exact) mass is 359 g/mol. The zero-order chi connectivity index (χ0) is 17.2. The number of aromatic amines is 1. The summed E-state index contributed by atoms with van der Waals surface area (Å²) < 4.78 is 19.9. The van der Waals surface area contributed by atoms with E-state index in [1.54, 1.807) is 6.07 Å². The van der Waals surface area contributed by atoms with Crippen molar-refractivity contribution in [2.24, 2.45) is 5.92 Å². The van der Waals surface area contributed by atoms with Gasteiger partial charge in [0.05, 0.1) is 28.8 Å². The normalized spacial score (nSPS) is 21.4. The molecule has 6 heteroatoms. The van der Waals surface area contributed by atoms with Crippen molar-refractivity contribution in [1.29, 1.82) is 0 Å². The molecule has 2 atom stereocenters. The highest BCUT2D eigenvalue weighted by atomic mass is 35.5. The van der Waals surface area contributed by atoms with Gasteiger partial charge >= 0.3 is 0 Å². The van der Waals surface area contributed by atoms with Crippen LogP contribution in [0.4, 0.5) is 4.39 Å². The molecule has 2 aromatic carbocycles. The molecule has 1 fully saturated rings. The largest absolute Gasteiger partial charge is 0.372 e. The third-order valence-electron chi connectivity index (χ3n) is 4.58. The van der Waals surface area contributed by atoms with Gasteiger partial charge in [0.25, 0.3) is 0 Å². The van der Waals surface area contributed by atoms with Crippen LogP contribution in [-0.4, -0.2) is 29.7 Å². The second-order valence-corrected chi connectivity index (χ2v) is 6.74. The summed E-state index contributed by atoms with van der Waals surface area (Å²) in [4.78, 5) is 8.03. The quantitative estimate of drug-likeness (QED) is 0.746. The zero-order valence-electron chi connectivity index (χ0n) is 13.6. The van der Waals surface area contributed by atoms with Crippen molar-refractivity contribution in [3.8, 4) is 0 Å². The highest BCUT2D eigenvalue weighted by Gasteiger charge is 2.28. The van der Waals surface area contributed by atoms with Gasteiger partial charge < -0.3 is 15.0 Å². The highest BCUT2D eigenvalue weighted by Crippen LogP contribution is 2.31. The maximum absolute atomic E-state index is 13.9. The zero-order valence-corrected chi connectivity index (χ0v) is 14.4. The third-order valence-corrected chi connectivity index (χ3v) is 4.88. The molecule has 0 aliphatic carbocycles. The molecule has 2 heterocycles. The maximum atomic E-state index is 13.9. The summed E-state index contributed by atoms with van der Waals surface area (Å²) in [6.45, 7) is 2.15. The summed E-state index contributed by atoms with van der Waals surface area (Å²) in [5.41, 5.74) is 2.79. The lowest BCUT2D eigenvalue weighted by atomic mass is 9.92. The van der Waals surface area contributed by atoms with Crippen LogP contribution in [0.5, 0.6) is 0 Å². The fraction of sp³-hybridized carbons (Fsp3) is 0.316. The lowest BCUT2D eigenvalue weighted by Gasteiger charge is -2.24. The lowest BCUT2D eigenvalue weighted by molar-refractivity contribution is 0.0300. The van der Waals surface area contributed by atoms with Crippen LogP contribution in [-0.2, 0) is 11.2 Å². The summed E-state index contributed by atoms with van der Waals surface area (Å²) in [6, 6.07) is 12.9. The number of nitrogens with zero attached hydrogens (tertiary/aromatic N) is 1. The molecule has 1 aromatic heterocycles. The predicted octanol–water partition coefficient (Wildman–Crippen LogP) is 3.88. The summed E-state index contributed by atoms with van der Waals surface area (Å²) in [5.74, 6) is 0.643.